The zero-order chi connectivity index (χ0) is 15.2. The standard InChI is InChI=1S/C15H17N3O3/c1-21-15(20)12-6-7-18(9-12)10-14(19)17-13-5-3-2-4-11(13)8-16/h2-5,12H,6-7,9-10H2,1H3,(H,17,19). The van der Waals surface area contributed by atoms with E-state index in [1.54, 1.807) is 24.3 Å². The van der Waals surface area contributed by atoms with Gasteiger partial charge in [0, 0.05) is 6.54 Å². The first-order chi connectivity index (χ1) is 10.1. The third-order valence-electron chi connectivity index (χ3n) is 3.50. The van der Waals surface area contributed by atoms with Crippen molar-refractivity contribution in [3.05, 3.63) is 29.8 Å². The van der Waals surface area contributed by atoms with E-state index in [2.05, 4.69) is 5.32 Å². The summed E-state index contributed by atoms with van der Waals surface area (Å²) < 4.78 is 4.71. The van der Waals surface area contributed by atoms with Gasteiger partial charge >= 0.3 is 5.97 Å². The number of nitrogens with one attached hydrogen (secondary N) is 1. The summed E-state index contributed by atoms with van der Waals surface area (Å²) in [6.07, 6.45) is 0.703. The molecule has 1 amide bonds. The first-order valence-electron chi connectivity index (χ1n) is 6.73. The predicted octanol–water partition coefficient (Wildman–Crippen LogP) is 0.992. The maximum absolute atomic E-state index is 12.0. The molecule has 6 heteroatoms. The van der Waals surface area contributed by atoms with E-state index in [-0.39, 0.29) is 24.3 Å². The largest absolute Gasteiger partial charge is 0.469 e. The first-order valence-corrected chi connectivity index (χ1v) is 6.73. The third kappa shape index (κ3) is 3.80. The van der Waals surface area contributed by atoms with Crippen molar-refractivity contribution < 1.29 is 14.3 Å². The van der Waals surface area contributed by atoms with Crippen LogP contribution in [0.5, 0.6) is 0 Å². The summed E-state index contributed by atoms with van der Waals surface area (Å²) in [5.74, 6) is -0.579. The topological polar surface area (TPSA) is 82.4 Å². The zero-order valence-electron chi connectivity index (χ0n) is 11.8. The van der Waals surface area contributed by atoms with Gasteiger partial charge in [-0.25, -0.2) is 0 Å². The number of esters is 1. The highest BCUT2D eigenvalue weighted by Gasteiger charge is 2.29. The van der Waals surface area contributed by atoms with Crippen LogP contribution in [0, 0.1) is 17.2 Å². The molecule has 0 radical (unpaired) electrons. The van der Waals surface area contributed by atoms with Crippen molar-refractivity contribution in [3.63, 3.8) is 0 Å². The second-order valence-corrected chi connectivity index (χ2v) is 4.95. The van der Waals surface area contributed by atoms with Crippen LogP contribution in [0.3, 0.4) is 0 Å². The van der Waals surface area contributed by atoms with Gasteiger partial charge in [-0.3, -0.25) is 14.5 Å². The van der Waals surface area contributed by atoms with Crippen LogP contribution >= 0.6 is 0 Å². The molecule has 1 aromatic carbocycles. The molecule has 1 saturated heterocycles. The number of para-hydroxylation sites is 1. The van der Waals surface area contributed by atoms with Crippen LogP contribution in [0.15, 0.2) is 24.3 Å². The van der Waals surface area contributed by atoms with Crippen LogP contribution in [0.1, 0.15) is 12.0 Å². The number of nitriles is 1. The lowest BCUT2D eigenvalue weighted by molar-refractivity contribution is -0.145. The van der Waals surface area contributed by atoms with E-state index in [0.717, 1.165) is 0 Å². The van der Waals surface area contributed by atoms with Crippen LogP contribution in [-0.2, 0) is 14.3 Å². The summed E-state index contributed by atoms with van der Waals surface area (Å²) in [7, 11) is 1.37. The van der Waals surface area contributed by atoms with E-state index in [9.17, 15) is 9.59 Å². The molecule has 1 N–H and O–H groups in total. The number of rotatable bonds is 4. The van der Waals surface area contributed by atoms with Gasteiger partial charge in [-0.05, 0) is 25.1 Å². The Morgan fingerprint density at radius 1 is 1.48 bits per heavy atom. The van der Waals surface area contributed by atoms with Crippen molar-refractivity contribution in [1.29, 1.82) is 5.26 Å². The van der Waals surface area contributed by atoms with Gasteiger partial charge in [-0.1, -0.05) is 12.1 Å². The van der Waals surface area contributed by atoms with Gasteiger partial charge in [-0.15, -0.1) is 0 Å². The number of benzene rings is 1. The van der Waals surface area contributed by atoms with Gasteiger partial charge in [0.25, 0.3) is 0 Å². The summed E-state index contributed by atoms with van der Waals surface area (Å²) in [6.45, 7) is 1.42. The maximum atomic E-state index is 12.0. The van der Waals surface area contributed by atoms with Gasteiger partial charge in [0.15, 0.2) is 0 Å². The van der Waals surface area contributed by atoms with Crippen LogP contribution in [0.25, 0.3) is 0 Å². The molecular weight excluding hydrogens is 270 g/mol. The molecule has 0 aromatic heterocycles. The van der Waals surface area contributed by atoms with Crippen LogP contribution in [0.4, 0.5) is 5.69 Å². The fourth-order valence-electron chi connectivity index (χ4n) is 2.42. The zero-order valence-corrected chi connectivity index (χ0v) is 11.8. The van der Waals surface area contributed by atoms with E-state index in [4.69, 9.17) is 10.00 Å². The van der Waals surface area contributed by atoms with Crippen molar-refractivity contribution >= 4 is 17.6 Å². The highest BCUT2D eigenvalue weighted by atomic mass is 16.5. The Balaban J connectivity index is 1.89. The van der Waals surface area contributed by atoms with Crippen LogP contribution in [0.2, 0.25) is 0 Å². The molecule has 21 heavy (non-hydrogen) atoms. The fourth-order valence-corrected chi connectivity index (χ4v) is 2.42. The Bertz CT molecular complexity index is 580. The fraction of sp³-hybridized carbons (Fsp3) is 0.400. The summed E-state index contributed by atoms with van der Waals surface area (Å²) >= 11 is 0. The Morgan fingerprint density at radius 2 is 2.24 bits per heavy atom. The average molecular weight is 287 g/mol. The summed E-state index contributed by atoms with van der Waals surface area (Å²) in [5.41, 5.74) is 0.938. The van der Waals surface area contributed by atoms with E-state index >= 15 is 0 Å². The minimum atomic E-state index is -0.229. The quantitative estimate of drug-likeness (QED) is 0.835. The Kier molecular flexibility index (Phi) is 4.90. The maximum Gasteiger partial charge on any atom is 0.310 e. The first kappa shape index (κ1) is 15.0. The number of likely N-dealkylation sites (tertiary alicyclic amines) is 1. The molecule has 1 aliphatic heterocycles. The number of nitrogens with zero attached hydrogens (tertiary/aromatic N) is 2. The molecular formula is C15H17N3O3. The number of methoxy groups -OCH3 is 1. The predicted molar refractivity (Wildman–Crippen MR) is 76.3 cm³/mol. The summed E-state index contributed by atoms with van der Waals surface area (Å²) in [4.78, 5) is 25.3. The SMILES string of the molecule is COC(=O)C1CCN(CC(=O)Nc2ccccc2C#N)C1. The van der Waals surface area contributed by atoms with E-state index in [0.29, 0.717) is 30.8 Å². The van der Waals surface area contributed by atoms with E-state index in [1.165, 1.54) is 7.11 Å². The molecule has 1 fully saturated rings. The lowest BCUT2D eigenvalue weighted by Crippen LogP contribution is -2.32. The molecule has 2 rings (SSSR count). The van der Waals surface area contributed by atoms with Crippen molar-refractivity contribution in [3.8, 4) is 6.07 Å². The third-order valence-corrected chi connectivity index (χ3v) is 3.50. The molecule has 1 heterocycles. The van der Waals surface area contributed by atoms with E-state index in [1.807, 2.05) is 11.0 Å². The molecule has 6 nitrogen and oxygen atoms in total. The molecule has 0 spiro atoms. The smallest absolute Gasteiger partial charge is 0.310 e. The van der Waals surface area contributed by atoms with Gasteiger partial charge < -0.3 is 10.1 Å². The molecule has 0 bridgehead atoms. The highest BCUT2D eigenvalue weighted by Crippen LogP contribution is 2.18. The second-order valence-electron chi connectivity index (χ2n) is 4.95. The van der Waals surface area contributed by atoms with E-state index < -0.39 is 0 Å². The average Bonchev–Trinajstić information content (AvgIpc) is 2.95. The number of hydrogen-bond acceptors (Lipinski definition) is 5. The lowest BCUT2D eigenvalue weighted by Gasteiger charge is -2.15. The van der Waals surface area contributed by atoms with Gasteiger partial charge in [0.1, 0.15) is 6.07 Å². The Morgan fingerprint density at radius 3 is 2.95 bits per heavy atom. The number of carbonyl (C=O) groups excluding carboxylic acids is 2. The molecule has 1 aromatic rings. The molecule has 0 saturated carbocycles. The van der Waals surface area contributed by atoms with Crippen molar-refractivity contribution in [2.24, 2.45) is 5.92 Å². The van der Waals surface area contributed by atoms with Crippen molar-refractivity contribution in [2.45, 2.75) is 6.42 Å². The molecule has 1 aliphatic rings. The van der Waals surface area contributed by atoms with Crippen molar-refractivity contribution in [2.75, 3.05) is 32.1 Å². The van der Waals surface area contributed by atoms with Gasteiger partial charge in [0.05, 0.1) is 30.8 Å². The number of carbonyl (C=O) groups is 2. The molecule has 1 unspecified atom stereocenters. The second kappa shape index (κ2) is 6.86. The van der Waals surface area contributed by atoms with Crippen LogP contribution < -0.4 is 5.32 Å². The summed E-state index contributed by atoms with van der Waals surface area (Å²) in [6, 6.07) is 8.89. The monoisotopic (exact) mass is 287 g/mol. The molecule has 110 valence electrons. The minimum Gasteiger partial charge on any atom is -0.469 e. The van der Waals surface area contributed by atoms with Crippen LogP contribution in [-0.4, -0.2) is 43.5 Å². The summed E-state index contributed by atoms with van der Waals surface area (Å²) in [5, 5.41) is 11.7. The van der Waals surface area contributed by atoms with Gasteiger partial charge in [-0.2, -0.15) is 5.26 Å². The Hall–Kier alpha value is -2.39. The lowest BCUT2D eigenvalue weighted by atomic mass is 10.1. The molecule has 1 atom stereocenters. The minimum absolute atomic E-state index is 0.158. The molecule has 0 aliphatic carbocycles. The Labute approximate surface area is 123 Å². The van der Waals surface area contributed by atoms with Crippen molar-refractivity contribution in [1.82, 2.24) is 4.90 Å². The number of hydrogen-bond donors (Lipinski definition) is 1. The normalized spacial score (nSPS) is 18.0. The van der Waals surface area contributed by atoms with Gasteiger partial charge in [0.2, 0.25) is 5.91 Å². The highest BCUT2D eigenvalue weighted by molar-refractivity contribution is 5.93. The number of amides is 1. The number of ether oxygens (including phenoxy) is 1. The number of anilines is 1.